The Kier molecular flexibility index (Phi) is 3.55. The maximum Gasteiger partial charge on any atom is 0.322 e. The second kappa shape index (κ2) is 5.11. The number of hydrogen-bond acceptors (Lipinski definition) is 8. The Hall–Kier alpha value is -1.67. The number of hydrazine groups is 1. The molecule has 0 bridgehead atoms. The molecule has 1 aliphatic heterocycles. The van der Waals surface area contributed by atoms with Gasteiger partial charge in [0.2, 0.25) is 11.9 Å². The second-order valence-corrected chi connectivity index (χ2v) is 3.73. The van der Waals surface area contributed by atoms with Crippen LogP contribution in [0.4, 0.5) is 11.9 Å². The van der Waals surface area contributed by atoms with E-state index in [1.807, 2.05) is 6.92 Å². The van der Waals surface area contributed by atoms with Crippen LogP contribution in [0.15, 0.2) is 0 Å². The van der Waals surface area contributed by atoms with Gasteiger partial charge in [0.05, 0.1) is 19.3 Å². The fourth-order valence-electron chi connectivity index (χ4n) is 1.66. The quantitative estimate of drug-likeness (QED) is 0.488. The average molecular weight is 240 g/mol. The molecule has 0 aliphatic carbocycles. The molecule has 2 heterocycles. The van der Waals surface area contributed by atoms with E-state index in [9.17, 15) is 0 Å². The molecule has 4 N–H and O–H groups in total. The topological polar surface area (TPSA) is 107 Å². The van der Waals surface area contributed by atoms with Gasteiger partial charge in [-0.05, 0) is 13.3 Å². The smallest absolute Gasteiger partial charge is 0.322 e. The second-order valence-electron chi connectivity index (χ2n) is 3.73. The highest BCUT2D eigenvalue weighted by Crippen LogP contribution is 2.18. The molecule has 1 saturated heterocycles. The third kappa shape index (κ3) is 2.71. The fraction of sp³-hybridized carbons (Fsp3) is 0.667. The first-order valence-electron chi connectivity index (χ1n) is 5.37. The Morgan fingerprint density at radius 2 is 2.12 bits per heavy atom. The van der Waals surface area contributed by atoms with Gasteiger partial charge in [0.1, 0.15) is 0 Å². The van der Waals surface area contributed by atoms with Crippen molar-refractivity contribution in [2.24, 2.45) is 5.84 Å². The van der Waals surface area contributed by atoms with Crippen molar-refractivity contribution in [2.75, 3.05) is 24.5 Å². The number of methoxy groups -OCH3 is 1. The summed E-state index contributed by atoms with van der Waals surface area (Å²) in [5.41, 5.74) is 2.36. The van der Waals surface area contributed by atoms with Crippen molar-refractivity contribution in [1.29, 1.82) is 0 Å². The average Bonchev–Trinajstić information content (AvgIpc) is 2.74. The van der Waals surface area contributed by atoms with Gasteiger partial charge in [-0.15, -0.1) is 0 Å². The molecule has 0 aromatic carbocycles. The molecule has 8 heteroatoms. The summed E-state index contributed by atoms with van der Waals surface area (Å²) >= 11 is 0. The van der Waals surface area contributed by atoms with E-state index in [-0.39, 0.29) is 24.1 Å². The van der Waals surface area contributed by atoms with Crippen molar-refractivity contribution >= 4 is 11.9 Å². The number of nitrogens with zero attached hydrogens (tertiary/aromatic N) is 3. The summed E-state index contributed by atoms with van der Waals surface area (Å²) in [4.78, 5) is 12.1. The molecule has 0 saturated carbocycles. The third-order valence-electron chi connectivity index (χ3n) is 2.62. The molecule has 1 fully saturated rings. The third-order valence-corrected chi connectivity index (χ3v) is 2.62. The largest absolute Gasteiger partial charge is 0.467 e. The summed E-state index contributed by atoms with van der Waals surface area (Å²) in [5, 5.41) is 3.18. The van der Waals surface area contributed by atoms with E-state index in [1.54, 1.807) is 0 Å². The molecule has 0 spiro atoms. The van der Waals surface area contributed by atoms with Gasteiger partial charge >= 0.3 is 6.01 Å². The van der Waals surface area contributed by atoms with Gasteiger partial charge in [-0.2, -0.15) is 15.0 Å². The number of nitrogens with two attached hydrogens (primary N) is 1. The van der Waals surface area contributed by atoms with Crippen LogP contribution in [0, 0.1) is 0 Å². The molecule has 2 unspecified atom stereocenters. The Bertz CT molecular complexity index is 365. The zero-order chi connectivity index (χ0) is 12.3. The number of hydrogen-bond donors (Lipinski definition) is 3. The highest BCUT2D eigenvalue weighted by molar-refractivity contribution is 5.36. The van der Waals surface area contributed by atoms with Crippen LogP contribution in [0.2, 0.25) is 0 Å². The monoisotopic (exact) mass is 240 g/mol. The minimum Gasteiger partial charge on any atom is -0.467 e. The van der Waals surface area contributed by atoms with Crippen LogP contribution in [-0.4, -0.2) is 40.8 Å². The van der Waals surface area contributed by atoms with Crippen LogP contribution in [0.25, 0.3) is 0 Å². The van der Waals surface area contributed by atoms with Crippen molar-refractivity contribution < 1.29 is 9.47 Å². The summed E-state index contributed by atoms with van der Waals surface area (Å²) in [6.07, 6.45) is 1.05. The number of anilines is 2. The van der Waals surface area contributed by atoms with Gasteiger partial charge in [0.15, 0.2) is 0 Å². The molecule has 1 aliphatic rings. The van der Waals surface area contributed by atoms with Gasteiger partial charge in [-0.1, -0.05) is 0 Å². The zero-order valence-corrected chi connectivity index (χ0v) is 9.80. The number of aromatic nitrogens is 3. The molecular weight excluding hydrogens is 224 g/mol. The van der Waals surface area contributed by atoms with Crippen molar-refractivity contribution in [1.82, 2.24) is 15.0 Å². The van der Waals surface area contributed by atoms with Crippen LogP contribution in [0.3, 0.4) is 0 Å². The van der Waals surface area contributed by atoms with E-state index in [1.165, 1.54) is 7.11 Å². The molecular formula is C9H16N6O2. The highest BCUT2D eigenvalue weighted by atomic mass is 16.5. The van der Waals surface area contributed by atoms with E-state index < -0.39 is 0 Å². The van der Waals surface area contributed by atoms with Crippen LogP contribution in [0.5, 0.6) is 6.01 Å². The summed E-state index contributed by atoms with van der Waals surface area (Å²) in [6.45, 7) is 2.74. The lowest BCUT2D eigenvalue weighted by atomic mass is 10.2. The SMILES string of the molecule is COc1nc(NN)nc(NC2CCOC2C)n1. The van der Waals surface area contributed by atoms with Crippen LogP contribution >= 0.6 is 0 Å². The summed E-state index contributed by atoms with van der Waals surface area (Å²) < 4.78 is 10.4. The van der Waals surface area contributed by atoms with E-state index >= 15 is 0 Å². The molecule has 0 amide bonds. The van der Waals surface area contributed by atoms with E-state index in [0.29, 0.717) is 5.95 Å². The standard InChI is InChI=1S/C9H16N6O2/c1-5-6(3-4-17-5)11-7-12-8(15-10)14-9(13-7)16-2/h5-6H,3-4,10H2,1-2H3,(H2,11,12,13,14,15). The molecule has 2 rings (SSSR count). The Balaban J connectivity index is 2.14. The summed E-state index contributed by atoms with van der Waals surface area (Å²) in [6, 6.07) is 0.398. The van der Waals surface area contributed by atoms with Crippen molar-refractivity contribution in [3.8, 4) is 6.01 Å². The fourth-order valence-corrected chi connectivity index (χ4v) is 1.66. The molecule has 2 atom stereocenters. The molecule has 1 aromatic heterocycles. The Morgan fingerprint density at radius 1 is 1.35 bits per heavy atom. The first kappa shape index (κ1) is 11.8. The van der Waals surface area contributed by atoms with Gasteiger partial charge in [-0.25, -0.2) is 5.84 Å². The molecule has 17 heavy (non-hydrogen) atoms. The van der Waals surface area contributed by atoms with Gasteiger partial charge in [-0.3, -0.25) is 5.43 Å². The first-order chi connectivity index (χ1) is 8.22. The number of ether oxygens (including phenoxy) is 2. The van der Waals surface area contributed by atoms with E-state index in [0.717, 1.165) is 13.0 Å². The van der Waals surface area contributed by atoms with Gasteiger partial charge in [0, 0.05) is 6.61 Å². The van der Waals surface area contributed by atoms with Crippen molar-refractivity contribution in [2.45, 2.75) is 25.5 Å². The maximum atomic E-state index is 5.45. The molecule has 1 aromatic rings. The van der Waals surface area contributed by atoms with E-state index in [2.05, 4.69) is 25.7 Å². The summed E-state index contributed by atoms with van der Waals surface area (Å²) in [5.74, 6) is 5.95. The minimum absolute atomic E-state index is 0.132. The van der Waals surface area contributed by atoms with Gasteiger partial charge in [0.25, 0.3) is 0 Å². The lowest BCUT2D eigenvalue weighted by molar-refractivity contribution is 0.121. The first-order valence-corrected chi connectivity index (χ1v) is 5.37. The van der Waals surface area contributed by atoms with E-state index in [4.69, 9.17) is 15.3 Å². The van der Waals surface area contributed by atoms with Crippen LogP contribution < -0.4 is 21.3 Å². The normalized spacial score (nSPS) is 23.5. The Labute approximate surface area is 98.9 Å². The number of nitrogen functional groups attached to an aromatic ring is 1. The maximum absolute atomic E-state index is 5.45. The molecule has 0 radical (unpaired) electrons. The Morgan fingerprint density at radius 3 is 2.71 bits per heavy atom. The molecule has 8 nitrogen and oxygen atoms in total. The predicted molar refractivity (Wildman–Crippen MR) is 61.6 cm³/mol. The predicted octanol–water partition coefficient (Wildman–Crippen LogP) is -0.245. The lowest BCUT2D eigenvalue weighted by Crippen LogP contribution is -2.28. The van der Waals surface area contributed by atoms with Crippen molar-refractivity contribution in [3.63, 3.8) is 0 Å². The summed E-state index contributed by atoms with van der Waals surface area (Å²) in [7, 11) is 1.49. The molecule has 94 valence electrons. The zero-order valence-electron chi connectivity index (χ0n) is 9.80. The van der Waals surface area contributed by atoms with Crippen LogP contribution in [-0.2, 0) is 4.74 Å². The highest BCUT2D eigenvalue weighted by Gasteiger charge is 2.25. The lowest BCUT2D eigenvalue weighted by Gasteiger charge is -2.16. The van der Waals surface area contributed by atoms with Gasteiger partial charge < -0.3 is 14.8 Å². The minimum atomic E-state index is 0.132. The number of nitrogens with one attached hydrogen (secondary N) is 2. The van der Waals surface area contributed by atoms with Crippen LogP contribution in [0.1, 0.15) is 13.3 Å². The number of rotatable bonds is 4. The van der Waals surface area contributed by atoms with Crippen molar-refractivity contribution in [3.05, 3.63) is 0 Å².